The minimum Gasteiger partial charge on any atom is -0.345 e. The normalized spacial score (nSPS) is 10.2. The van der Waals surface area contributed by atoms with Crippen molar-refractivity contribution in [1.29, 1.82) is 0 Å². The lowest BCUT2D eigenvalue weighted by Crippen LogP contribution is -2.28. The van der Waals surface area contributed by atoms with Gasteiger partial charge in [-0.2, -0.15) is 0 Å². The Bertz CT molecular complexity index is 561. The molecule has 0 fully saturated rings. The zero-order valence-electron chi connectivity index (χ0n) is 12.4. The molecule has 0 saturated heterocycles. The average molecular weight is 279 g/mol. The van der Waals surface area contributed by atoms with E-state index in [4.69, 9.17) is 0 Å². The van der Waals surface area contributed by atoms with Gasteiger partial charge in [-0.3, -0.25) is 14.4 Å². The second-order valence-corrected chi connectivity index (χ2v) is 4.91. The molecular weight excluding hydrogens is 258 g/mol. The summed E-state index contributed by atoms with van der Waals surface area (Å²) in [5.74, 6) is -0.428. The van der Waals surface area contributed by atoms with Crippen LogP contribution in [0.2, 0.25) is 0 Å². The molecule has 1 heterocycles. The summed E-state index contributed by atoms with van der Waals surface area (Å²) in [7, 11) is 4.82. The zero-order chi connectivity index (χ0) is 15.3. The Balaban J connectivity index is 3.04. The van der Waals surface area contributed by atoms with Crippen LogP contribution in [0.4, 0.5) is 5.69 Å². The Morgan fingerprint density at radius 2 is 2.00 bits per heavy atom. The molecule has 20 heavy (non-hydrogen) atoms. The molecule has 0 aliphatic rings. The Hall–Kier alpha value is -2.11. The monoisotopic (exact) mass is 279 g/mol. The predicted molar refractivity (Wildman–Crippen MR) is 77.9 cm³/mol. The van der Waals surface area contributed by atoms with Crippen molar-refractivity contribution in [3.63, 3.8) is 0 Å². The lowest BCUT2D eigenvalue weighted by atomic mass is 10.2. The Morgan fingerprint density at radius 1 is 1.35 bits per heavy atom. The van der Waals surface area contributed by atoms with Crippen molar-refractivity contribution >= 4 is 17.5 Å². The second kappa shape index (κ2) is 6.88. The highest BCUT2D eigenvalue weighted by Crippen LogP contribution is 2.08. The third-order valence-corrected chi connectivity index (χ3v) is 2.87. The SMILES string of the molecule is CCCCC(=O)Nc1cc(C(=O)N(C)C)cn(C)c1=O. The van der Waals surface area contributed by atoms with E-state index in [1.165, 1.54) is 21.7 Å². The molecule has 0 saturated carbocycles. The molecule has 2 amide bonds. The number of pyridine rings is 1. The molecule has 0 atom stereocenters. The van der Waals surface area contributed by atoms with Crippen molar-refractivity contribution < 1.29 is 9.59 Å². The number of aryl methyl sites for hydroxylation is 1. The first-order valence-corrected chi connectivity index (χ1v) is 6.59. The van der Waals surface area contributed by atoms with Gasteiger partial charge in [-0.25, -0.2) is 0 Å². The molecule has 6 heteroatoms. The first-order chi connectivity index (χ1) is 9.36. The topological polar surface area (TPSA) is 71.4 Å². The van der Waals surface area contributed by atoms with Gasteiger partial charge in [0.15, 0.2) is 0 Å². The molecule has 1 aromatic heterocycles. The summed E-state index contributed by atoms with van der Waals surface area (Å²) < 4.78 is 1.30. The van der Waals surface area contributed by atoms with Gasteiger partial charge in [-0.15, -0.1) is 0 Å². The van der Waals surface area contributed by atoms with Crippen molar-refractivity contribution in [3.8, 4) is 0 Å². The molecule has 0 spiro atoms. The van der Waals surface area contributed by atoms with Crippen LogP contribution in [0.1, 0.15) is 36.5 Å². The molecule has 1 aromatic rings. The number of aromatic nitrogens is 1. The van der Waals surface area contributed by atoms with Gasteiger partial charge in [0.2, 0.25) is 5.91 Å². The van der Waals surface area contributed by atoms with Gasteiger partial charge in [-0.05, 0) is 12.5 Å². The summed E-state index contributed by atoms with van der Waals surface area (Å²) in [5, 5.41) is 2.58. The van der Waals surface area contributed by atoms with Gasteiger partial charge in [0.05, 0.1) is 5.56 Å². The largest absolute Gasteiger partial charge is 0.345 e. The van der Waals surface area contributed by atoms with E-state index in [1.54, 1.807) is 21.1 Å². The molecule has 0 bridgehead atoms. The summed E-state index contributed by atoms with van der Waals surface area (Å²) in [6.07, 6.45) is 3.50. The van der Waals surface area contributed by atoms with Crippen molar-refractivity contribution in [3.05, 3.63) is 28.2 Å². The third-order valence-electron chi connectivity index (χ3n) is 2.87. The minimum absolute atomic E-state index is 0.140. The van der Waals surface area contributed by atoms with E-state index in [2.05, 4.69) is 5.32 Å². The Morgan fingerprint density at radius 3 is 2.55 bits per heavy atom. The summed E-state index contributed by atoms with van der Waals surface area (Å²) in [6, 6.07) is 1.43. The number of nitrogens with zero attached hydrogens (tertiary/aromatic N) is 2. The predicted octanol–water partition coefficient (Wildman–Crippen LogP) is 1.22. The lowest BCUT2D eigenvalue weighted by Gasteiger charge is -2.13. The highest BCUT2D eigenvalue weighted by atomic mass is 16.2. The van der Waals surface area contributed by atoms with Crippen LogP contribution in [0.3, 0.4) is 0 Å². The van der Waals surface area contributed by atoms with Crippen molar-refractivity contribution in [1.82, 2.24) is 9.47 Å². The standard InChI is InChI=1S/C14H21N3O3/c1-5-6-7-12(18)15-11-8-10(13(19)16(2)3)9-17(4)14(11)20/h8-9H,5-7H2,1-4H3,(H,15,18). The number of hydrogen-bond acceptors (Lipinski definition) is 3. The number of carbonyl (C=O) groups is 2. The van der Waals surface area contributed by atoms with Crippen LogP contribution in [0.5, 0.6) is 0 Å². The Labute approximate surface area is 118 Å². The number of hydrogen-bond donors (Lipinski definition) is 1. The molecule has 0 radical (unpaired) electrons. The zero-order valence-corrected chi connectivity index (χ0v) is 12.4. The van der Waals surface area contributed by atoms with Crippen molar-refractivity contribution in [2.24, 2.45) is 7.05 Å². The van der Waals surface area contributed by atoms with Gasteiger partial charge >= 0.3 is 0 Å². The third kappa shape index (κ3) is 3.94. The molecule has 0 aliphatic heterocycles. The smallest absolute Gasteiger partial charge is 0.274 e. The van der Waals surface area contributed by atoms with E-state index in [0.29, 0.717) is 12.0 Å². The molecule has 6 nitrogen and oxygen atoms in total. The summed E-state index contributed by atoms with van der Waals surface area (Å²) >= 11 is 0. The van der Waals surface area contributed by atoms with Gasteiger partial charge in [-0.1, -0.05) is 13.3 Å². The lowest BCUT2D eigenvalue weighted by molar-refractivity contribution is -0.116. The van der Waals surface area contributed by atoms with Crippen molar-refractivity contribution in [2.45, 2.75) is 26.2 Å². The number of carbonyl (C=O) groups excluding carboxylic acids is 2. The molecule has 0 unspecified atom stereocenters. The fraction of sp³-hybridized carbons (Fsp3) is 0.500. The highest BCUT2D eigenvalue weighted by molar-refractivity contribution is 5.96. The van der Waals surface area contributed by atoms with Crippen LogP contribution < -0.4 is 10.9 Å². The van der Waals surface area contributed by atoms with Crippen LogP contribution in [-0.4, -0.2) is 35.4 Å². The average Bonchev–Trinajstić information content (AvgIpc) is 2.40. The maximum atomic E-state index is 11.9. The van der Waals surface area contributed by atoms with Gasteiger partial charge in [0, 0.05) is 33.8 Å². The van der Waals surface area contributed by atoms with Crippen LogP contribution >= 0.6 is 0 Å². The molecule has 0 aromatic carbocycles. The number of rotatable bonds is 5. The van der Waals surface area contributed by atoms with E-state index in [0.717, 1.165) is 12.8 Å². The fourth-order valence-corrected chi connectivity index (χ4v) is 1.73. The van der Waals surface area contributed by atoms with E-state index >= 15 is 0 Å². The van der Waals surface area contributed by atoms with Gasteiger partial charge in [0.1, 0.15) is 5.69 Å². The first-order valence-electron chi connectivity index (χ1n) is 6.59. The van der Waals surface area contributed by atoms with E-state index in [-0.39, 0.29) is 23.1 Å². The van der Waals surface area contributed by atoms with Crippen LogP contribution in [0, 0.1) is 0 Å². The van der Waals surface area contributed by atoms with Crippen molar-refractivity contribution in [2.75, 3.05) is 19.4 Å². The molecule has 110 valence electrons. The second-order valence-electron chi connectivity index (χ2n) is 4.91. The van der Waals surface area contributed by atoms with E-state index < -0.39 is 0 Å². The van der Waals surface area contributed by atoms with Crippen LogP contribution in [0.25, 0.3) is 0 Å². The molecular formula is C14H21N3O3. The summed E-state index contributed by atoms with van der Waals surface area (Å²) in [4.78, 5) is 37.0. The van der Waals surface area contributed by atoms with Gasteiger partial charge in [0.25, 0.3) is 11.5 Å². The minimum atomic E-state index is -0.329. The number of unbranched alkanes of at least 4 members (excludes halogenated alkanes) is 1. The maximum Gasteiger partial charge on any atom is 0.274 e. The summed E-state index contributed by atoms with van der Waals surface area (Å²) in [5.41, 5.74) is 0.175. The summed E-state index contributed by atoms with van der Waals surface area (Å²) in [6.45, 7) is 1.99. The van der Waals surface area contributed by atoms with Crippen LogP contribution in [0.15, 0.2) is 17.1 Å². The van der Waals surface area contributed by atoms with E-state index in [1.807, 2.05) is 6.92 Å². The fourth-order valence-electron chi connectivity index (χ4n) is 1.73. The molecule has 1 N–H and O–H groups in total. The number of anilines is 1. The quantitative estimate of drug-likeness (QED) is 0.880. The van der Waals surface area contributed by atoms with Crippen LogP contribution in [-0.2, 0) is 11.8 Å². The molecule has 0 aliphatic carbocycles. The Kier molecular flexibility index (Phi) is 5.49. The first kappa shape index (κ1) is 15.9. The number of amides is 2. The van der Waals surface area contributed by atoms with E-state index in [9.17, 15) is 14.4 Å². The van der Waals surface area contributed by atoms with Gasteiger partial charge < -0.3 is 14.8 Å². The highest BCUT2D eigenvalue weighted by Gasteiger charge is 2.14. The number of nitrogens with one attached hydrogen (secondary N) is 1. The molecule has 1 rings (SSSR count). The maximum absolute atomic E-state index is 11.9.